The number of H-pyrrole nitrogens is 1. The lowest BCUT2D eigenvalue weighted by molar-refractivity contribution is 0.556. The van der Waals surface area contributed by atoms with Gasteiger partial charge in [0.2, 0.25) is 0 Å². The molecule has 0 saturated heterocycles. The smallest absolute Gasteiger partial charge is 0.104 e. The van der Waals surface area contributed by atoms with Gasteiger partial charge < -0.3 is 10.7 Å². The van der Waals surface area contributed by atoms with Gasteiger partial charge in [0.15, 0.2) is 0 Å². The fraction of sp³-hybridized carbons (Fsp3) is 0.600. The molecule has 1 aromatic carbocycles. The van der Waals surface area contributed by atoms with Crippen LogP contribution in [0, 0.1) is 0 Å². The number of rotatable bonds is 11. The molecular formula is C20H32N2. The zero-order chi connectivity index (χ0) is 15.6. The molecule has 0 fully saturated rings. The molecule has 0 amide bonds. The summed E-state index contributed by atoms with van der Waals surface area (Å²) in [5.41, 5.74) is 8.60. The van der Waals surface area contributed by atoms with Gasteiger partial charge in [-0.05, 0) is 18.9 Å². The van der Waals surface area contributed by atoms with E-state index in [2.05, 4.69) is 36.2 Å². The molecule has 0 radical (unpaired) electrons. The van der Waals surface area contributed by atoms with Crippen LogP contribution in [0.5, 0.6) is 0 Å². The highest BCUT2D eigenvalue weighted by atomic mass is 14.8. The number of aryl methyl sites for hydroxylation is 1. The summed E-state index contributed by atoms with van der Waals surface area (Å²) in [7, 11) is 0. The van der Waals surface area contributed by atoms with E-state index < -0.39 is 0 Å². The molecule has 0 bridgehead atoms. The minimum atomic E-state index is 0.858. The number of unbranched alkanes of at least 4 members (excludes halogenated alkanes) is 9. The molecule has 0 saturated carbocycles. The van der Waals surface area contributed by atoms with Crippen molar-refractivity contribution in [2.45, 2.75) is 77.6 Å². The lowest BCUT2D eigenvalue weighted by atomic mass is 10.0. The first kappa shape index (κ1) is 16.9. The van der Waals surface area contributed by atoms with Gasteiger partial charge in [-0.2, -0.15) is 0 Å². The van der Waals surface area contributed by atoms with Crippen molar-refractivity contribution in [3.63, 3.8) is 0 Å². The monoisotopic (exact) mass is 300 g/mol. The number of hydrogen-bond acceptors (Lipinski definition) is 1. The SMILES string of the molecule is CCCCCCCCCCCCc1c(N)[nH]c2ccccc12. The molecule has 0 spiro atoms. The second-order valence-corrected chi connectivity index (χ2v) is 6.49. The molecule has 1 aromatic heterocycles. The van der Waals surface area contributed by atoms with Crippen LogP contribution >= 0.6 is 0 Å². The Labute approximate surface area is 135 Å². The highest BCUT2D eigenvalue weighted by molar-refractivity contribution is 5.88. The van der Waals surface area contributed by atoms with E-state index in [0.29, 0.717) is 0 Å². The minimum absolute atomic E-state index is 0.858. The van der Waals surface area contributed by atoms with Crippen LogP contribution in [0.25, 0.3) is 10.9 Å². The van der Waals surface area contributed by atoms with Crippen LogP contribution in [0.2, 0.25) is 0 Å². The Hall–Kier alpha value is -1.44. The van der Waals surface area contributed by atoms with Gasteiger partial charge in [0.25, 0.3) is 0 Å². The van der Waals surface area contributed by atoms with Crippen LogP contribution in [0.3, 0.4) is 0 Å². The van der Waals surface area contributed by atoms with Crippen LogP contribution in [0.15, 0.2) is 24.3 Å². The molecule has 0 unspecified atom stereocenters. The zero-order valence-electron chi connectivity index (χ0n) is 14.2. The van der Waals surface area contributed by atoms with Crippen molar-refractivity contribution < 1.29 is 0 Å². The number of aromatic nitrogens is 1. The number of hydrogen-bond donors (Lipinski definition) is 2. The third-order valence-corrected chi connectivity index (χ3v) is 4.63. The molecule has 2 rings (SSSR count). The van der Waals surface area contributed by atoms with E-state index in [1.165, 1.54) is 80.7 Å². The second kappa shape index (κ2) is 9.55. The summed E-state index contributed by atoms with van der Waals surface area (Å²) in [5, 5.41) is 1.30. The van der Waals surface area contributed by atoms with Gasteiger partial charge in [0.05, 0.1) is 0 Å². The highest BCUT2D eigenvalue weighted by Gasteiger charge is 2.07. The normalized spacial score (nSPS) is 11.3. The summed E-state index contributed by atoms with van der Waals surface area (Å²) in [4.78, 5) is 3.29. The number of benzene rings is 1. The van der Waals surface area contributed by atoms with Crippen LogP contribution < -0.4 is 5.73 Å². The summed E-state index contributed by atoms with van der Waals surface area (Å²) in [5.74, 6) is 0.858. The Morgan fingerprint density at radius 3 is 2.09 bits per heavy atom. The van der Waals surface area contributed by atoms with E-state index in [1.807, 2.05) is 0 Å². The Balaban J connectivity index is 1.59. The molecule has 2 aromatic rings. The molecule has 2 heteroatoms. The lowest BCUT2D eigenvalue weighted by Crippen LogP contribution is -1.92. The average molecular weight is 300 g/mol. The molecule has 0 aliphatic heterocycles. The zero-order valence-corrected chi connectivity index (χ0v) is 14.2. The minimum Gasteiger partial charge on any atom is -0.385 e. The maximum absolute atomic E-state index is 6.12. The number of nitrogen functional groups attached to an aromatic ring is 1. The number of fused-ring (bicyclic) bond motifs is 1. The van der Waals surface area contributed by atoms with E-state index in [-0.39, 0.29) is 0 Å². The van der Waals surface area contributed by atoms with Crippen molar-refractivity contribution in [1.82, 2.24) is 4.98 Å². The largest absolute Gasteiger partial charge is 0.385 e. The number of nitrogens with one attached hydrogen (secondary N) is 1. The van der Waals surface area contributed by atoms with Crippen LogP contribution in [-0.2, 0) is 6.42 Å². The third kappa shape index (κ3) is 5.08. The van der Waals surface area contributed by atoms with Crippen LogP contribution in [0.1, 0.15) is 76.7 Å². The Bertz CT molecular complexity index is 542. The number of anilines is 1. The van der Waals surface area contributed by atoms with Crippen molar-refractivity contribution in [3.05, 3.63) is 29.8 Å². The van der Waals surface area contributed by atoms with Gasteiger partial charge in [0, 0.05) is 16.5 Å². The third-order valence-electron chi connectivity index (χ3n) is 4.63. The molecule has 0 atom stereocenters. The fourth-order valence-corrected chi connectivity index (χ4v) is 3.28. The molecule has 0 aliphatic rings. The van der Waals surface area contributed by atoms with E-state index >= 15 is 0 Å². The topological polar surface area (TPSA) is 41.8 Å². The quantitative estimate of drug-likeness (QED) is 0.476. The summed E-state index contributed by atoms with van der Waals surface area (Å²) in [6.07, 6.45) is 14.9. The summed E-state index contributed by atoms with van der Waals surface area (Å²) in [6.45, 7) is 2.28. The Kier molecular flexibility index (Phi) is 7.35. The average Bonchev–Trinajstić information content (AvgIpc) is 2.85. The standard InChI is InChI=1S/C20H32N2/c1-2-3-4-5-6-7-8-9-10-11-15-18-17-14-12-13-16-19(17)22-20(18)21/h12-14,16,22H,2-11,15,21H2,1H3. The molecule has 122 valence electrons. The van der Waals surface area contributed by atoms with E-state index in [9.17, 15) is 0 Å². The van der Waals surface area contributed by atoms with Crippen molar-refractivity contribution in [3.8, 4) is 0 Å². The van der Waals surface area contributed by atoms with E-state index in [0.717, 1.165) is 12.2 Å². The Morgan fingerprint density at radius 1 is 0.818 bits per heavy atom. The first-order valence-electron chi connectivity index (χ1n) is 9.18. The number of aromatic amines is 1. The molecule has 22 heavy (non-hydrogen) atoms. The van der Waals surface area contributed by atoms with Crippen molar-refractivity contribution in [2.24, 2.45) is 0 Å². The van der Waals surface area contributed by atoms with Crippen molar-refractivity contribution in [2.75, 3.05) is 5.73 Å². The molecule has 2 nitrogen and oxygen atoms in total. The Morgan fingerprint density at radius 2 is 1.41 bits per heavy atom. The van der Waals surface area contributed by atoms with Gasteiger partial charge in [0.1, 0.15) is 5.82 Å². The van der Waals surface area contributed by atoms with E-state index in [1.54, 1.807) is 0 Å². The maximum atomic E-state index is 6.12. The summed E-state index contributed by atoms with van der Waals surface area (Å²) in [6, 6.07) is 8.43. The van der Waals surface area contributed by atoms with Gasteiger partial charge in [-0.1, -0.05) is 82.9 Å². The van der Waals surface area contributed by atoms with Crippen molar-refractivity contribution in [1.29, 1.82) is 0 Å². The maximum Gasteiger partial charge on any atom is 0.104 e. The second-order valence-electron chi connectivity index (χ2n) is 6.49. The first-order valence-corrected chi connectivity index (χ1v) is 9.18. The van der Waals surface area contributed by atoms with E-state index in [4.69, 9.17) is 5.73 Å². The summed E-state index contributed by atoms with van der Waals surface area (Å²) >= 11 is 0. The van der Waals surface area contributed by atoms with Gasteiger partial charge in [-0.25, -0.2) is 0 Å². The van der Waals surface area contributed by atoms with Gasteiger partial charge in [-0.15, -0.1) is 0 Å². The molecule has 1 heterocycles. The first-order chi connectivity index (χ1) is 10.8. The lowest BCUT2D eigenvalue weighted by Gasteiger charge is -2.03. The predicted molar refractivity (Wildman–Crippen MR) is 98.3 cm³/mol. The molecular weight excluding hydrogens is 268 g/mol. The number of nitrogens with two attached hydrogens (primary N) is 1. The summed E-state index contributed by atoms with van der Waals surface area (Å²) < 4.78 is 0. The van der Waals surface area contributed by atoms with Crippen LogP contribution in [0.4, 0.5) is 5.82 Å². The van der Waals surface area contributed by atoms with Crippen molar-refractivity contribution >= 4 is 16.7 Å². The predicted octanol–water partition coefficient (Wildman–Crippen LogP) is 6.21. The fourth-order valence-electron chi connectivity index (χ4n) is 3.28. The van der Waals surface area contributed by atoms with Gasteiger partial charge >= 0.3 is 0 Å². The molecule has 0 aliphatic carbocycles. The highest BCUT2D eigenvalue weighted by Crippen LogP contribution is 2.26. The van der Waals surface area contributed by atoms with Gasteiger partial charge in [-0.3, -0.25) is 0 Å². The van der Waals surface area contributed by atoms with Crippen LogP contribution in [-0.4, -0.2) is 4.98 Å². The molecule has 3 N–H and O–H groups in total. The number of para-hydroxylation sites is 1.